The van der Waals surface area contributed by atoms with Gasteiger partial charge in [0.15, 0.2) is 5.96 Å². The quantitative estimate of drug-likeness (QED) is 0.248. The Morgan fingerprint density at radius 2 is 2.06 bits per heavy atom. The van der Waals surface area contributed by atoms with E-state index in [0.29, 0.717) is 19.7 Å². The van der Waals surface area contributed by atoms with Crippen molar-refractivity contribution in [3.05, 3.63) is 34.9 Å². The van der Waals surface area contributed by atoms with Crippen molar-refractivity contribution in [2.75, 3.05) is 59.6 Å². The number of esters is 1. The van der Waals surface area contributed by atoms with Crippen LogP contribution < -0.4 is 5.32 Å². The van der Waals surface area contributed by atoms with Gasteiger partial charge in [0.1, 0.15) is 0 Å². The van der Waals surface area contributed by atoms with Gasteiger partial charge in [-0.25, -0.2) is 0 Å². The van der Waals surface area contributed by atoms with Crippen molar-refractivity contribution in [2.24, 2.45) is 10.9 Å². The monoisotopic (exact) mass is 564 g/mol. The highest BCUT2D eigenvalue weighted by atomic mass is 127. The van der Waals surface area contributed by atoms with Crippen molar-refractivity contribution in [2.45, 2.75) is 25.8 Å². The Labute approximate surface area is 207 Å². The number of halogens is 2. The van der Waals surface area contributed by atoms with Crippen LogP contribution in [0.15, 0.2) is 29.3 Å². The summed E-state index contributed by atoms with van der Waals surface area (Å²) in [4.78, 5) is 21.3. The molecule has 2 aliphatic heterocycles. The minimum Gasteiger partial charge on any atom is -0.466 e. The highest BCUT2D eigenvalue weighted by Crippen LogP contribution is 2.28. The van der Waals surface area contributed by atoms with E-state index < -0.39 is 0 Å². The molecule has 2 aliphatic rings. The molecule has 2 fully saturated rings. The van der Waals surface area contributed by atoms with E-state index in [2.05, 4.69) is 26.2 Å². The summed E-state index contributed by atoms with van der Waals surface area (Å²) in [6.45, 7) is 7.64. The van der Waals surface area contributed by atoms with E-state index in [0.717, 1.165) is 62.2 Å². The van der Waals surface area contributed by atoms with Crippen molar-refractivity contribution in [3.8, 4) is 0 Å². The summed E-state index contributed by atoms with van der Waals surface area (Å²) in [6, 6.07) is 8.12. The van der Waals surface area contributed by atoms with Gasteiger partial charge in [-0.2, -0.15) is 0 Å². The number of carbonyl (C=O) groups is 1. The average molecular weight is 565 g/mol. The van der Waals surface area contributed by atoms with E-state index in [4.69, 9.17) is 21.1 Å². The SMILES string of the molecule is CCOC(=O)C1CCCN(C(=NC)NCC(c2ccccc2Cl)N2CCOCC2)C1.I. The molecular formula is C22H34ClIN4O3. The van der Waals surface area contributed by atoms with Gasteiger partial charge in [0.2, 0.25) is 0 Å². The molecule has 0 aliphatic carbocycles. The molecule has 0 amide bonds. The first-order valence-electron chi connectivity index (χ1n) is 10.8. The topological polar surface area (TPSA) is 66.4 Å². The Bertz CT molecular complexity index is 730. The molecule has 2 unspecified atom stereocenters. The normalized spacial score (nSPS) is 21.2. The number of likely N-dealkylation sites (tertiary alicyclic amines) is 1. The summed E-state index contributed by atoms with van der Waals surface area (Å²) >= 11 is 6.54. The highest BCUT2D eigenvalue weighted by Gasteiger charge is 2.30. The minimum atomic E-state index is -0.111. The number of hydrogen-bond acceptors (Lipinski definition) is 5. The number of guanidine groups is 1. The molecular weight excluding hydrogens is 531 g/mol. The van der Waals surface area contributed by atoms with Gasteiger partial charge < -0.3 is 19.7 Å². The maximum Gasteiger partial charge on any atom is 0.310 e. The van der Waals surface area contributed by atoms with Gasteiger partial charge in [-0.05, 0) is 31.4 Å². The van der Waals surface area contributed by atoms with E-state index in [-0.39, 0.29) is 41.9 Å². The van der Waals surface area contributed by atoms with E-state index in [1.54, 1.807) is 7.05 Å². The lowest BCUT2D eigenvalue weighted by Crippen LogP contribution is -2.51. The van der Waals surface area contributed by atoms with Crippen LogP contribution in [-0.2, 0) is 14.3 Å². The number of piperidine rings is 1. The lowest BCUT2D eigenvalue weighted by atomic mass is 9.98. The number of aliphatic imine (C=N–C) groups is 1. The van der Waals surface area contributed by atoms with E-state index in [9.17, 15) is 4.79 Å². The molecule has 1 aromatic carbocycles. The molecule has 1 N–H and O–H groups in total. The molecule has 0 spiro atoms. The first kappa shape index (κ1) is 26.2. The van der Waals surface area contributed by atoms with Crippen molar-refractivity contribution >= 4 is 47.5 Å². The Morgan fingerprint density at radius 3 is 2.74 bits per heavy atom. The Hall–Kier alpha value is -1.10. The smallest absolute Gasteiger partial charge is 0.310 e. The van der Waals surface area contributed by atoms with Crippen molar-refractivity contribution in [1.82, 2.24) is 15.1 Å². The van der Waals surface area contributed by atoms with Gasteiger partial charge >= 0.3 is 5.97 Å². The largest absolute Gasteiger partial charge is 0.466 e. The fourth-order valence-corrected chi connectivity index (χ4v) is 4.47. The zero-order valence-corrected chi connectivity index (χ0v) is 21.5. The summed E-state index contributed by atoms with van der Waals surface area (Å²) in [5.74, 6) is 0.602. The second kappa shape index (κ2) is 13.4. The van der Waals surface area contributed by atoms with E-state index in [1.807, 2.05) is 25.1 Å². The van der Waals surface area contributed by atoms with Crippen LogP contribution in [0.25, 0.3) is 0 Å². The van der Waals surface area contributed by atoms with Gasteiger partial charge in [-0.3, -0.25) is 14.7 Å². The number of hydrogen-bond donors (Lipinski definition) is 1. The van der Waals surface area contributed by atoms with Crippen LogP contribution in [0.2, 0.25) is 5.02 Å². The van der Waals surface area contributed by atoms with Crippen LogP contribution in [-0.4, -0.2) is 81.3 Å². The molecule has 3 rings (SSSR count). The number of morpholine rings is 1. The third-order valence-corrected chi connectivity index (χ3v) is 6.10. The van der Waals surface area contributed by atoms with Gasteiger partial charge in [-0.1, -0.05) is 29.8 Å². The van der Waals surface area contributed by atoms with Gasteiger partial charge in [0.05, 0.1) is 31.8 Å². The average Bonchev–Trinajstić information content (AvgIpc) is 2.78. The highest BCUT2D eigenvalue weighted by molar-refractivity contribution is 14.0. The molecule has 2 saturated heterocycles. The predicted octanol–water partition coefficient (Wildman–Crippen LogP) is 3.18. The second-order valence-corrected chi connectivity index (χ2v) is 8.06. The molecule has 2 heterocycles. The van der Waals surface area contributed by atoms with Crippen LogP contribution in [0.4, 0.5) is 0 Å². The van der Waals surface area contributed by atoms with Crippen LogP contribution in [0, 0.1) is 5.92 Å². The van der Waals surface area contributed by atoms with Crippen molar-refractivity contribution in [1.29, 1.82) is 0 Å². The fourth-order valence-electron chi connectivity index (χ4n) is 4.21. The lowest BCUT2D eigenvalue weighted by molar-refractivity contribution is -0.149. The van der Waals surface area contributed by atoms with Gasteiger partial charge in [-0.15, -0.1) is 24.0 Å². The zero-order valence-electron chi connectivity index (χ0n) is 18.4. The zero-order chi connectivity index (χ0) is 21.3. The summed E-state index contributed by atoms with van der Waals surface area (Å²) in [7, 11) is 1.79. The molecule has 0 radical (unpaired) electrons. The van der Waals surface area contributed by atoms with Crippen LogP contribution in [0.5, 0.6) is 0 Å². The molecule has 7 nitrogen and oxygen atoms in total. The maximum atomic E-state index is 12.2. The molecule has 0 bridgehead atoms. The van der Waals surface area contributed by atoms with Crippen LogP contribution in [0.1, 0.15) is 31.4 Å². The predicted molar refractivity (Wildman–Crippen MR) is 134 cm³/mol. The number of nitrogens with zero attached hydrogens (tertiary/aromatic N) is 3. The number of rotatable bonds is 6. The molecule has 9 heteroatoms. The number of ether oxygens (including phenoxy) is 2. The maximum absolute atomic E-state index is 12.2. The van der Waals surface area contributed by atoms with Gasteiger partial charge in [0, 0.05) is 44.8 Å². The Balaban J connectivity index is 0.00000341. The minimum absolute atomic E-state index is 0. The fraction of sp³-hybridized carbons (Fsp3) is 0.636. The lowest BCUT2D eigenvalue weighted by Gasteiger charge is -2.37. The molecule has 2 atom stereocenters. The van der Waals surface area contributed by atoms with Gasteiger partial charge in [0.25, 0.3) is 0 Å². The van der Waals surface area contributed by atoms with Crippen LogP contribution >= 0.6 is 35.6 Å². The molecule has 0 saturated carbocycles. The summed E-state index contributed by atoms with van der Waals surface area (Å²) in [5, 5.41) is 4.31. The molecule has 174 valence electrons. The Kier molecular flexibility index (Phi) is 11.3. The van der Waals surface area contributed by atoms with E-state index >= 15 is 0 Å². The second-order valence-electron chi connectivity index (χ2n) is 7.65. The Morgan fingerprint density at radius 1 is 1.32 bits per heavy atom. The van der Waals surface area contributed by atoms with Crippen LogP contribution in [0.3, 0.4) is 0 Å². The summed E-state index contributed by atoms with van der Waals surface area (Å²) in [6.07, 6.45) is 1.81. The number of carbonyl (C=O) groups excluding carboxylic acids is 1. The summed E-state index contributed by atoms with van der Waals surface area (Å²) in [5.41, 5.74) is 1.10. The molecule has 31 heavy (non-hydrogen) atoms. The standard InChI is InChI=1S/C22H33ClN4O3.HI/c1-3-30-21(28)17-7-6-10-27(16-17)22(24-2)25-15-20(26-11-13-29-14-12-26)18-8-4-5-9-19(18)23;/h4-5,8-9,17,20H,3,6-7,10-16H2,1-2H3,(H,24,25);1H. The third kappa shape index (κ3) is 7.20. The number of benzene rings is 1. The first-order chi connectivity index (χ1) is 14.6. The number of nitrogens with one attached hydrogen (secondary N) is 1. The first-order valence-corrected chi connectivity index (χ1v) is 11.2. The van der Waals surface area contributed by atoms with Crippen molar-refractivity contribution in [3.63, 3.8) is 0 Å². The van der Waals surface area contributed by atoms with E-state index in [1.165, 1.54) is 0 Å². The molecule has 1 aromatic rings. The molecule has 0 aromatic heterocycles. The third-order valence-electron chi connectivity index (χ3n) is 5.76. The van der Waals surface area contributed by atoms with Crippen molar-refractivity contribution < 1.29 is 14.3 Å². The summed E-state index contributed by atoms with van der Waals surface area (Å²) < 4.78 is 10.8.